The second kappa shape index (κ2) is 11.5. The van der Waals surface area contributed by atoms with E-state index in [1.807, 2.05) is 6.92 Å². The van der Waals surface area contributed by atoms with Crippen LogP contribution in [0.15, 0.2) is 0 Å². The Morgan fingerprint density at radius 3 is 2.30 bits per heavy atom. The lowest BCUT2D eigenvalue weighted by molar-refractivity contribution is -0.143. The third-order valence-electron chi connectivity index (χ3n) is 5.35. The first-order valence-electron chi connectivity index (χ1n) is 10.1. The highest BCUT2D eigenvalue weighted by Crippen LogP contribution is 2.20. The van der Waals surface area contributed by atoms with E-state index in [2.05, 4.69) is 10.6 Å². The smallest absolute Gasteiger partial charge is 0.325 e. The first-order valence-corrected chi connectivity index (χ1v) is 10.1. The van der Waals surface area contributed by atoms with Crippen molar-refractivity contribution in [3.63, 3.8) is 0 Å². The Morgan fingerprint density at radius 2 is 1.77 bits per heavy atom. The number of carboxylic acids is 2. The summed E-state index contributed by atoms with van der Waals surface area (Å²) in [5, 5.41) is 22.8. The van der Waals surface area contributed by atoms with E-state index in [1.54, 1.807) is 6.92 Å². The number of likely N-dealkylation sites (tertiary alicyclic amines) is 1. The van der Waals surface area contributed by atoms with Gasteiger partial charge in [0.1, 0.15) is 18.1 Å². The van der Waals surface area contributed by atoms with Crippen LogP contribution in [0.1, 0.15) is 52.9 Å². The van der Waals surface area contributed by atoms with Gasteiger partial charge in [0.05, 0.1) is 6.04 Å². The first-order chi connectivity index (χ1) is 14.0. The van der Waals surface area contributed by atoms with E-state index in [0.29, 0.717) is 25.8 Å². The topological polar surface area (TPSA) is 179 Å². The van der Waals surface area contributed by atoms with Crippen molar-refractivity contribution in [1.82, 2.24) is 15.5 Å². The Labute approximate surface area is 175 Å². The number of nitrogens with one attached hydrogen (secondary N) is 2. The van der Waals surface area contributed by atoms with Gasteiger partial charge in [-0.25, -0.2) is 0 Å². The normalized spacial score (nSPS) is 20.0. The lowest BCUT2D eigenvalue weighted by Crippen LogP contribution is -2.58. The Balaban J connectivity index is 2.86. The largest absolute Gasteiger partial charge is 0.481 e. The molecule has 0 aliphatic carbocycles. The first kappa shape index (κ1) is 25.3. The van der Waals surface area contributed by atoms with Crippen LogP contribution in [0.25, 0.3) is 0 Å². The Morgan fingerprint density at radius 1 is 1.13 bits per heavy atom. The molecular weight excluding hydrogens is 396 g/mol. The average Bonchev–Trinajstić information content (AvgIpc) is 3.18. The number of hydrogen-bond donors (Lipinski definition) is 5. The highest BCUT2D eigenvalue weighted by atomic mass is 16.4. The van der Waals surface area contributed by atoms with Crippen molar-refractivity contribution in [1.29, 1.82) is 0 Å². The number of aliphatic carboxylic acids is 2. The summed E-state index contributed by atoms with van der Waals surface area (Å²) >= 11 is 0. The maximum atomic E-state index is 12.9. The number of nitrogens with two attached hydrogens (primary N) is 1. The molecule has 0 bridgehead atoms. The third-order valence-corrected chi connectivity index (χ3v) is 5.35. The molecule has 11 heteroatoms. The summed E-state index contributed by atoms with van der Waals surface area (Å²) in [5.41, 5.74) is 5.80. The van der Waals surface area contributed by atoms with Gasteiger partial charge in [-0.15, -0.1) is 0 Å². The number of carboxylic acid groups (broad SMARTS) is 2. The lowest BCUT2D eigenvalue weighted by atomic mass is 9.97. The second-order valence-electron chi connectivity index (χ2n) is 7.67. The molecule has 0 aromatic rings. The Kier molecular flexibility index (Phi) is 9.70. The van der Waals surface area contributed by atoms with E-state index in [4.69, 9.17) is 15.9 Å². The summed E-state index contributed by atoms with van der Waals surface area (Å²) in [7, 11) is 0. The van der Waals surface area contributed by atoms with Gasteiger partial charge in [-0.3, -0.25) is 24.0 Å². The van der Waals surface area contributed by atoms with Crippen LogP contribution in [0.5, 0.6) is 0 Å². The highest BCUT2D eigenvalue weighted by molar-refractivity contribution is 5.94. The van der Waals surface area contributed by atoms with E-state index in [9.17, 15) is 24.0 Å². The zero-order valence-corrected chi connectivity index (χ0v) is 17.6. The van der Waals surface area contributed by atoms with Crippen LogP contribution < -0.4 is 16.4 Å². The lowest BCUT2D eigenvalue weighted by Gasteiger charge is -2.30. The molecule has 0 saturated carbocycles. The zero-order valence-electron chi connectivity index (χ0n) is 17.6. The van der Waals surface area contributed by atoms with Gasteiger partial charge in [0.15, 0.2) is 0 Å². The summed E-state index contributed by atoms with van der Waals surface area (Å²) in [5.74, 6) is -4.15. The SMILES string of the molecule is CCC(C)C(NC(=O)C1CCCN1C(=O)C(N)CCC(=O)O)C(=O)NC(C)C(=O)O. The van der Waals surface area contributed by atoms with Gasteiger partial charge in [0.25, 0.3) is 0 Å². The van der Waals surface area contributed by atoms with E-state index in [1.165, 1.54) is 11.8 Å². The number of amides is 3. The predicted molar refractivity (Wildman–Crippen MR) is 106 cm³/mol. The van der Waals surface area contributed by atoms with Crippen molar-refractivity contribution in [2.75, 3.05) is 6.54 Å². The van der Waals surface area contributed by atoms with Gasteiger partial charge in [-0.2, -0.15) is 0 Å². The number of nitrogens with zero attached hydrogens (tertiary/aromatic N) is 1. The quantitative estimate of drug-likeness (QED) is 0.286. The summed E-state index contributed by atoms with van der Waals surface area (Å²) in [4.78, 5) is 61.0. The minimum absolute atomic E-state index is 0.0377. The average molecular weight is 428 g/mol. The van der Waals surface area contributed by atoms with Crippen LogP contribution in [-0.4, -0.2) is 75.5 Å². The van der Waals surface area contributed by atoms with Crippen LogP contribution in [0.4, 0.5) is 0 Å². The number of carbonyl (C=O) groups excluding carboxylic acids is 3. The maximum Gasteiger partial charge on any atom is 0.325 e. The summed E-state index contributed by atoms with van der Waals surface area (Å²) < 4.78 is 0. The summed E-state index contributed by atoms with van der Waals surface area (Å²) in [6.07, 6.45) is 1.24. The molecule has 1 heterocycles. The van der Waals surface area contributed by atoms with Gasteiger partial charge in [-0.1, -0.05) is 20.3 Å². The predicted octanol–water partition coefficient (Wildman–Crippen LogP) is -0.710. The standard InChI is InChI=1S/C19H32N4O7/c1-4-10(2)15(17(27)21-11(3)19(29)30)22-16(26)13-6-5-9-23(13)18(28)12(20)7-8-14(24)25/h10-13,15H,4-9,20H2,1-3H3,(H,21,27)(H,22,26)(H,24,25)(H,29,30). The molecule has 1 aliphatic heterocycles. The molecule has 0 radical (unpaired) electrons. The van der Waals surface area contributed by atoms with Gasteiger partial charge >= 0.3 is 11.9 Å². The molecule has 170 valence electrons. The van der Waals surface area contributed by atoms with Crippen LogP contribution in [-0.2, 0) is 24.0 Å². The third kappa shape index (κ3) is 6.97. The molecule has 1 rings (SSSR count). The molecule has 1 aliphatic rings. The van der Waals surface area contributed by atoms with Crippen molar-refractivity contribution >= 4 is 29.7 Å². The van der Waals surface area contributed by atoms with Crippen molar-refractivity contribution < 1.29 is 34.2 Å². The molecule has 0 spiro atoms. The monoisotopic (exact) mass is 428 g/mol. The van der Waals surface area contributed by atoms with Crippen LogP contribution in [0.3, 0.4) is 0 Å². The van der Waals surface area contributed by atoms with Crippen LogP contribution in [0, 0.1) is 5.92 Å². The van der Waals surface area contributed by atoms with Gasteiger partial charge in [0, 0.05) is 13.0 Å². The maximum absolute atomic E-state index is 12.9. The van der Waals surface area contributed by atoms with E-state index >= 15 is 0 Å². The minimum atomic E-state index is -1.19. The molecule has 3 amide bonds. The number of rotatable bonds is 11. The molecule has 1 saturated heterocycles. The van der Waals surface area contributed by atoms with Crippen molar-refractivity contribution in [2.45, 2.75) is 77.0 Å². The van der Waals surface area contributed by atoms with E-state index < -0.39 is 53.8 Å². The Hall–Kier alpha value is -2.69. The van der Waals surface area contributed by atoms with Gasteiger partial charge in [-0.05, 0) is 32.1 Å². The molecule has 1 fully saturated rings. The molecular formula is C19H32N4O7. The molecule has 0 aromatic carbocycles. The summed E-state index contributed by atoms with van der Waals surface area (Å²) in [6, 6.07) is -3.91. The summed E-state index contributed by atoms with van der Waals surface area (Å²) in [6.45, 7) is 5.24. The van der Waals surface area contributed by atoms with Crippen LogP contribution in [0.2, 0.25) is 0 Å². The molecule has 11 nitrogen and oxygen atoms in total. The molecule has 5 unspecified atom stereocenters. The van der Waals surface area contributed by atoms with Crippen LogP contribution >= 0.6 is 0 Å². The Bertz CT molecular complexity index is 669. The fraction of sp³-hybridized carbons (Fsp3) is 0.737. The second-order valence-corrected chi connectivity index (χ2v) is 7.67. The van der Waals surface area contributed by atoms with E-state index in [0.717, 1.165) is 0 Å². The molecule has 5 atom stereocenters. The van der Waals surface area contributed by atoms with Gasteiger partial charge in [0.2, 0.25) is 17.7 Å². The number of carbonyl (C=O) groups is 5. The molecule has 30 heavy (non-hydrogen) atoms. The number of hydrogen-bond acceptors (Lipinski definition) is 6. The minimum Gasteiger partial charge on any atom is -0.481 e. The van der Waals surface area contributed by atoms with Crippen molar-refractivity contribution in [2.24, 2.45) is 11.7 Å². The zero-order chi connectivity index (χ0) is 23.0. The van der Waals surface area contributed by atoms with Crippen molar-refractivity contribution in [3.05, 3.63) is 0 Å². The fourth-order valence-electron chi connectivity index (χ4n) is 3.23. The van der Waals surface area contributed by atoms with Gasteiger partial charge < -0.3 is 31.5 Å². The molecule has 6 N–H and O–H groups in total. The van der Waals surface area contributed by atoms with E-state index in [-0.39, 0.29) is 18.8 Å². The fourth-order valence-corrected chi connectivity index (χ4v) is 3.23. The molecule has 0 aromatic heterocycles. The highest BCUT2D eigenvalue weighted by Gasteiger charge is 2.38. The van der Waals surface area contributed by atoms with Crippen molar-refractivity contribution in [3.8, 4) is 0 Å².